The van der Waals surface area contributed by atoms with Crippen LogP contribution in [0, 0.1) is 0 Å². The summed E-state index contributed by atoms with van der Waals surface area (Å²) in [6.07, 6.45) is 0. The van der Waals surface area contributed by atoms with Crippen LogP contribution in [0.4, 0.5) is 0 Å². The second-order valence-electron chi connectivity index (χ2n) is 2.49. The molecule has 0 aliphatic heterocycles. The van der Waals surface area contributed by atoms with E-state index in [1.54, 1.807) is 12.6 Å². The lowest BCUT2D eigenvalue weighted by molar-refractivity contribution is 0.413. The van der Waals surface area contributed by atoms with Crippen LogP contribution in [0.3, 0.4) is 0 Å². The zero-order chi connectivity index (χ0) is 8.97. The first-order chi connectivity index (χ1) is 5.79. The second-order valence-corrected chi connectivity index (χ2v) is 2.71. The molecule has 1 aromatic carbocycles. The molecule has 0 heterocycles. The van der Waals surface area contributed by atoms with Crippen LogP contribution in [0.5, 0.6) is 5.75 Å². The third kappa shape index (κ3) is 1.80. The highest BCUT2D eigenvalue weighted by molar-refractivity contribution is 6.28. The molecule has 0 N–H and O–H groups in total. The minimum atomic E-state index is 0.854. The van der Waals surface area contributed by atoms with Gasteiger partial charge in [-0.05, 0) is 18.6 Å². The number of halogens is 1. The van der Waals surface area contributed by atoms with E-state index < -0.39 is 0 Å². The standard InChI is InChI=1S/C10H11ClO/c1-8(7-11)9-5-3-4-6-10(9)12-2/h3-7H,1-2H3/b8-7+. The minimum Gasteiger partial charge on any atom is -0.496 e. The van der Waals surface area contributed by atoms with Crippen molar-refractivity contribution in [2.24, 2.45) is 0 Å². The Labute approximate surface area is 77.6 Å². The van der Waals surface area contributed by atoms with Crippen molar-refractivity contribution in [3.63, 3.8) is 0 Å². The fourth-order valence-electron chi connectivity index (χ4n) is 1.03. The Kier molecular flexibility index (Phi) is 3.18. The first-order valence-corrected chi connectivity index (χ1v) is 4.13. The van der Waals surface area contributed by atoms with Crippen molar-refractivity contribution in [3.05, 3.63) is 35.4 Å². The Balaban J connectivity index is 3.13. The molecule has 0 spiro atoms. The lowest BCUT2D eigenvalue weighted by Gasteiger charge is -2.06. The molecule has 0 radical (unpaired) electrons. The van der Waals surface area contributed by atoms with Crippen LogP contribution in [-0.4, -0.2) is 7.11 Å². The molecule has 12 heavy (non-hydrogen) atoms. The molecule has 0 atom stereocenters. The quantitative estimate of drug-likeness (QED) is 0.682. The summed E-state index contributed by atoms with van der Waals surface area (Å²) >= 11 is 5.60. The van der Waals surface area contributed by atoms with Gasteiger partial charge in [-0.25, -0.2) is 0 Å². The molecule has 0 aromatic heterocycles. The van der Waals surface area contributed by atoms with Gasteiger partial charge in [0.25, 0.3) is 0 Å². The average molecular weight is 183 g/mol. The maximum atomic E-state index is 5.60. The predicted octanol–water partition coefficient (Wildman–Crippen LogP) is 3.29. The molecule has 0 bridgehead atoms. The molecule has 0 fully saturated rings. The van der Waals surface area contributed by atoms with Crippen molar-refractivity contribution in [1.29, 1.82) is 0 Å². The SMILES string of the molecule is COc1ccccc1/C(C)=C/Cl. The predicted molar refractivity (Wildman–Crippen MR) is 52.5 cm³/mol. The van der Waals surface area contributed by atoms with Crippen LogP contribution >= 0.6 is 11.6 Å². The number of benzene rings is 1. The van der Waals surface area contributed by atoms with Crippen LogP contribution in [0.25, 0.3) is 5.57 Å². The van der Waals surface area contributed by atoms with E-state index in [0.717, 1.165) is 16.9 Å². The van der Waals surface area contributed by atoms with Gasteiger partial charge < -0.3 is 4.74 Å². The third-order valence-electron chi connectivity index (χ3n) is 1.70. The van der Waals surface area contributed by atoms with E-state index in [1.165, 1.54) is 0 Å². The van der Waals surface area contributed by atoms with E-state index >= 15 is 0 Å². The third-order valence-corrected chi connectivity index (χ3v) is 2.02. The largest absolute Gasteiger partial charge is 0.496 e. The summed E-state index contributed by atoms with van der Waals surface area (Å²) in [6, 6.07) is 7.79. The van der Waals surface area contributed by atoms with Crippen molar-refractivity contribution in [2.45, 2.75) is 6.92 Å². The van der Waals surface area contributed by atoms with Gasteiger partial charge in [-0.3, -0.25) is 0 Å². The monoisotopic (exact) mass is 182 g/mol. The zero-order valence-electron chi connectivity index (χ0n) is 7.17. The minimum absolute atomic E-state index is 0.854. The fourth-order valence-corrected chi connectivity index (χ4v) is 1.15. The van der Waals surface area contributed by atoms with Gasteiger partial charge in [-0.15, -0.1) is 0 Å². The summed E-state index contributed by atoms with van der Waals surface area (Å²) in [5.74, 6) is 0.854. The number of methoxy groups -OCH3 is 1. The highest BCUT2D eigenvalue weighted by Crippen LogP contribution is 2.25. The number of hydrogen-bond acceptors (Lipinski definition) is 1. The van der Waals surface area contributed by atoms with Gasteiger partial charge >= 0.3 is 0 Å². The number of ether oxygens (including phenoxy) is 1. The maximum Gasteiger partial charge on any atom is 0.126 e. The van der Waals surface area contributed by atoms with Crippen LogP contribution in [0.1, 0.15) is 12.5 Å². The summed E-state index contributed by atoms with van der Waals surface area (Å²) in [6.45, 7) is 1.95. The molecular formula is C10H11ClO. The number of allylic oxidation sites excluding steroid dienone is 1. The highest BCUT2D eigenvalue weighted by atomic mass is 35.5. The van der Waals surface area contributed by atoms with E-state index in [4.69, 9.17) is 16.3 Å². The molecule has 0 aliphatic rings. The van der Waals surface area contributed by atoms with Crippen molar-refractivity contribution >= 4 is 17.2 Å². The Morgan fingerprint density at radius 3 is 2.67 bits per heavy atom. The highest BCUT2D eigenvalue weighted by Gasteiger charge is 2.01. The van der Waals surface area contributed by atoms with E-state index in [-0.39, 0.29) is 0 Å². The Morgan fingerprint density at radius 2 is 2.08 bits per heavy atom. The van der Waals surface area contributed by atoms with Gasteiger partial charge in [0.15, 0.2) is 0 Å². The summed E-state index contributed by atoms with van der Waals surface area (Å²) in [7, 11) is 1.65. The molecule has 1 rings (SSSR count). The number of rotatable bonds is 2. The Hall–Kier alpha value is -0.950. The molecule has 0 saturated carbocycles. The summed E-state index contributed by atoms with van der Waals surface area (Å²) in [5, 5.41) is 0. The smallest absolute Gasteiger partial charge is 0.126 e. The zero-order valence-corrected chi connectivity index (χ0v) is 7.93. The van der Waals surface area contributed by atoms with Gasteiger partial charge in [0.1, 0.15) is 5.75 Å². The van der Waals surface area contributed by atoms with Crippen molar-refractivity contribution in [1.82, 2.24) is 0 Å². The molecule has 0 unspecified atom stereocenters. The molecular weight excluding hydrogens is 172 g/mol. The first-order valence-electron chi connectivity index (χ1n) is 3.70. The lowest BCUT2D eigenvalue weighted by atomic mass is 10.1. The topological polar surface area (TPSA) is 9.23 Å². The van der Waals surface area contributed by atoms with E-state index in [1.807, 2.05) is 31.2 Å². The molecule has 0 saturated heterocycles. The normalized spacial score (nSPS) is 11.4. The first kappa shape index (κ1) is 9.14. The van der Waals surface area contributed by atoms with Gasteiger partial charge in [0.05, 0.1) is 7.11 Å². The molecule has 1 nitrogen and oxygen atoms in total. The van der Waals surface area contributed by atoms with Gasteiger partial charge in [-0.2, -0.15) is 0 Å². The number of hydrogen-bond donors (Lipinski definition) is 0. The Morgan fingerprint density at radius 1 is 1.42 bits per heavy atom. The van der Waals surface area contributed by atoms with Gasteiger partial charge in [-0.1, -0.05) is 29.8 Å². The van der Waals surface area contributed by atoms with Crippen molar-refractivity contribution in [2.75, 3.05) is 7.11 Å². The summed E-state index contributed by atoms with van der Waals surface area (Å²) in [4.78, 5) is 0. The van der Waals surface area contributed by atoms with Gasteiger partial charge in [0, 0.05) is 11.1 Å². The van der Waals surface area contributed by atoms with Crippen LogP contribution in [0.15, 0.2) is 29.8 Å². The molecule has 0 aliphatic carbocycles. The van der Waals surface area contributed by atoms with E-state index in [2.05, 4.69) is 0 Å². The molecule has 1 aromatic rings. The fraction of sp³-hybridized carbons (Fsp3) is 0.200. The lowest BCUT2D eigenvalue weighted by Crippen LogP contribution is -1.88. The van der Waals surface area contributed by atoms with Gasteiger partial charge in [0.2, 0.25) is 0 Å². The summed E-state index contributed by atoms with van der Waals surface area (Å²) < 4.78 is 5.17. The van der Waals surface area contributed by atoms with E-state index in [0.29, 0.717) is 0 Å². The molecule has 2 heteroatoms. The number of para-hydroxylation sites is 1. The van der Waals surface area contributed by atoms with Crippen LogP contribution < -0.4 is 4.74 Å². The van der Waals surface area contributed by atoms with E-state index in [9.17, 15) is 0 Å². The summed E-state index contributed by atoms with van der Waals surface area (Å²) in [5.41, 5.74) is 3.60. The van der Waals surface area contributed by atoms with Crippen LogP contribution in [0.2, 0.25) is 0 Å². The second kappa shape index (κ2) is 4.17. The molecule has 64 valence electrons. The average Bonchev–Trinajstić information content (AvgIpc) is 2.16. The Bertz CT molecular complexity index is 292. The van der Waals surface area contributed by atoms with Crippen molar-refractivity contribution < 1.29 is 4.74 Å². The van der Waals surface area contributed by atoms with Crippen LogP contribution in [-0.2, 0) is 0 Å². The maximum absolute atomic E-state index is 5.60. The van der Waals surface area contributed by atoms with Crippen molar-refractivity contribution in [3.8, 4) is 5.75 Å². The molecule has 0 amide bonds.